The molecule has 2 aliphatic rings. The molecule has 2 aromatic carbocycles. The van der Waals surface area contributed by atoms with Crippen LogP contribution in [0.1, 0.15) is 16.7 Å². The molecule has 0 radical (unpaired) electrons. The quantitative estimate of drug-likeness (QED) is 0.591. The van der Waals surface area contributed by atoms with Gasteiger partial charge in [0.1, 0.15) is 10.7 Å². The van der Waals surface area contributed by atoms with Crippen molar-refractivity contribution < 1.29 is 4.74 Å². The summed E-state index contributed by atoms with van der Waals surface area (Å²) in [4.78, 5) is 11.1. The number of ether oxygens (including phenoxy) is 1. The van der Waals surface area contributed by atoms with Gasteiger partial charge in [0, 0.05) is 10.5 Å². The number of aryl methyl sites for hydroxylation is 1. The molecule has 1 atom stereocenters. The molecule has 1 unspecified atom stereocenters. The molecule has 0 N–H and O–H groups in total. The van der Waals surface area contributed by atoms with E-state index in [1.54, 1.807) is 11.8 Å². The van der Waals surface area contributed by atoms with Gasteiger partial charge in [-0.05, 0) is 42.9 Å². The molecule has 0 fully saturated rings. The van der Waals surface area contributed by atoms with E-state index in [-0.39, 0.29) is 5.92 Å². The van der Waals surface area contributed by atoms with Crippen molar-refractivity contribution in [2.24, 2.45) is 15.9 Å². The molecule has 0 spiro atoms. The monoisotopic (exact) mass is 352 g/mol. The highest BCUT2D eigenvalue weighted by Gasteiger charge is 2.34. The number of para-hydroxylation sites is 1. The van der Waals surface area contributed by atoms with Crippen molar-refractivity contribution in [1.82, 2.24) is 0 Å². The fourth-order valence-corrected chi connectivity index (χ4v) is 3.66. The Labute approximate surface area is 150 Å². The zero-order valence-corrected chi connectivity index (χ0v) is 15.1. The highest BCUT2D eigenvalue weighted by molar-refractivity contribution is 7.98. The molecule has 0 saturated heterocycles. The van der Waals surface area contributed by atoms with Gasteiger partial charge in [0.2, 0.25) is 5.90 Å². The predicted molar refractivity (Wildman–Crippen MR) is 104 cm³/mol. The van der Waals surface area contributed by atoms with Crippen LogP contribution in [0.3, 0.4) is 0 Å². The summed E-state index contributed by atoms with van der Waals surface area (Å²) >= 11 is 7.25. The largest absolute Gasteiger partial charge is 0.442 e. The van der Waals surface area contributed by atoms with Crippen molar-refractivity contribution in [2.45, 2.75) is 18.2 Å². The lowest BCUT2D eigenvalue weighted by atomic mass is 9.93. The molecule has 0 bridgehead atoms. The molecule has 0 amide bonds. The van der Waals surface area contributed by atoms with Crippen molar-refractivity contribution in [3.05, 3.63) is 59.2 Å². The van der Waals surface area contributed by atoms with Crippen LogP contribution >= 0.6 is 24.0 Å². The summed E-state index contributed by atoms with van der Waals surface area (Å²) in [7, 11) is 0. The minimum absolute atomic E-state index is 0.0384. The number of hydrogen-bond donors (Lipinski definition) is 0. The maximum Gasteiger partial charge on any atom is 0.207 e. The Balaban J connectivity index is 1.71. The third kappa shape index (κ3) is 2.68. The maximum absolute atomic E-state index is 6.11. The maximum atomic E-state index is 6.11. The fraction of sp³-hybridized carbons (Fsp3) is 0.211. The third-order valence-electron chi connectivity index (χ3n) is 4.30. The second kappa shape index (κ2) is 6.15. The van der Waals surface area contributed by atoms with Crippen LogP contribution in [-0.2, 0) is 6.42 Å². The van der Waals surface area contributed by atoms with E-state index in [9.17, 15) is 0 Å². The summed E-state index contributed by atoms with van der Waals surface area (Å²) in [6, 6.07) is 14.4. The molecule has 2 aliphatic heterocycles. The van der Waals surface area contributed by atoms with Gasteiger partial charge in [-0.2, -0.15) is 4.99 Å². The smallest absolute Gasteiger partial charge is 0.207 e. The van der Waals surface area contributed by atoms with Crippen LogP contribution in [0.2, 0.25) is 0 Å². The Morgan fingerprint density at radius 3 is 2.67 bits per heavy atom. The van der Waals surface area contributed by atoms with Crippen molar-refractivity contribution >= 4 is 40.7 Å². The first-order valence-corrected chi connectivity index (χ1v) is 9.41. The first-order chi connectivity index (χ1) is 11.7. The number of hydrogen-bond acceptors (Lipinski definition) is 4. The van der Waals surface area contributed by atoms with E-state index in [1.807, 2.05) is 18.2 Å². The minimum atomic E-state index is -0.0384. The summed E-state index contributed by atoms with van der Waals surface area (Å²) in [5.74, 6) is 2.18. The molecule has 0 saturated carbocycles. The van der Waals surface area contributed by atoms with Crippen LogP contribution in [0.5, 0.6) is 5.75 Å². The summed E-state index contributed by atoms with van der Waals surface area (Å²) in [5.41, 5.74) is 3.25. The van der Waals surface area contributed by atoms with E-state index in [0.29, 0.717) is 16.7 Å². The molecule has 24 heavy (non-hydrogen) atoms. The molecule has 120 valence electrons. The highest BCUT2D eigenvalue weighted by Crippen LogP contribution is 2.34. The van der Waals surface area contributed by atoms with Gasteiger partial charge in [-0.25, -0.2) is 4.99 Å². The minimum Gasteiger partial charge on any atom is -0.442 e. The summed E-state index contributed by atoms with van der Waals surface area (Å²) in [6.07, 6.45) is 2.86. The van der Waals surface area contributed by atoms with Crippen LogP contribution in [0, 0.1) is 12.8 Å². The van der Waals surface area contributed by atoms with Crippen LogP contribution in [0.15, 0.2) is 57.3 Å². The van der Waals surface area contributed by atoms with Gasteiger partial charge in [0.25, 0.3) is 0 Å². The van der Waals surface area contributed by atoms with Crippen LogP contribution in [0.25, 0.3) is 0 Å². The molecular formula is C19H16N2OS2. The average Bonchev–Trinajstić information content (AvgIpc) is 2.61. The molecule has 0 aliphatic carbocycles. The van der Waals surface area contributed by atoms with Crippen LogP contribution in [0.4, 0.5) is 0 Å². The SMILES string of the molecule is CSc1ccc(C2=NC(=S)C3Cc4cccc(C)c4OC3=N2)cc1. The van der Waals surface area contributed by atoms with E-state index < -0.39 is 0 Å². The first-order valence-electron chi connectivity index (χ1n) is 7.77. The summed E-state index contributed by atoms with van der Waals surface area (Å²) < 4.78 is 6.11. The zero-order valence-electron chi connectivity index (χ0n) is 13.4. The second-order valence-corrected chi connectivity index (χ2v) is 7.17. The van der Waals surface area contributed by atoms with E-state index >= 15 is 0 Å². The van der Waals surface area contributed by atoms with Gasteiger partial charge in [0.05, 0.1) is 5.92 Å². The van der Waals surface area contributed by atoms with Gasteiger partial charge in [0.15, 0.2) is 5.84 Å². The Bertz CT molecular complexity index is 885. The van der Waals surface area contributed by atoms with Crippen LogP contribution in [-0.4, -0.2) is 23.0 Å². The number of thioether (sulfide) groups is 1. The Hall–Kier alpha value is -1.98. The lowest BCUT2D eigenvalue weighted by Gasteiger charge is -2.29. The first kappa shape index (κ1) is 15.5. The van der Waals surface area contributed by atoms with Crippen molar-refractivity contribution in [1.29, 1.82) is 0 Å². The highest BCUT2D eigenvalue weighted by atomic mass is 32.2. The number of aliphatic imine (C=N–C) groups is 2. The Morgan fingerprint density at radius 1 is 1.12 bits per heavy atom. The van der Waals surface area contributed by atoms with Gasteiger partial charge < -0.3 is 4.74 Å². The summed E-state index contributed by atoms with van der Waals surface area (Å²) in [5, 5.41) is 0. The van der Waals surface area contributed by atoms with Crippen molar-refractivity contribution in [3.8, 4) is 5.75 Å². The van der Waals surface area contributed by atoms with E-state index in [1.165, 1.54) is 10.5 Å². The van der Waals surface area contributed by atoms with Gasteiger partial charge in [-0.15, -0.1) is 11.8 Å². The standard InChI is InChI=1S/C19H16N2OS2/c1-11-4-3-5-13-10-15-18(22-16(11)13)20-17(21-19(15)23)12-6-8-14(24-2)9-7-12/h3-9,15H,10H2,1-2H3. The van der Waals surface area contributed by atoms with E-state index in [0.717, 1.165) is 23.3 Å². The van der Waals surface area contributed by atoms with Crippen molar-refractivity contribution in [2.75, 3.05) is 6.26 Å². The van der Waals surface area contributed by atoms with Gasteiger partial charge >= 0.3 is 0 Å². The lowest BCUT2D eigenvalue weighted by molar-refractivity contribution is 0.478. The third-order valence-corrected chi connectivity index (χ3v) is 5.42. The molecule has 4 rings (SSSR count). The molecule has 0 aromatic heterocycles. The molecule has 2 heterocycles. The molecule has 5 heteroatoms. The lowest BCUT2D eigenvalue weighted by Crippen LogP contribution is -2.36. The summed E-state index contributed by atoms with van der Waals surface area (Å²) in [6.45, 7) is 2.05. The van der Waals surface area contributed by atoms with Gasteiger partial charge in [-0.1, -0.05) is 42.5 Å². The number of rotatable bonds is 2. The topological polar surface area (TPSA) is 34.0 Å². The van der Waals surface area contributed by atoms with E-state index in [2.05, 4.69) is 47.4 Å². The number of benzene rings is 2. The number of nitrogens with zero attached hydrogens (tertiary/aromatic N) is 2. The Kier molecular flexibility index (Phi) is 3.98. The second-order valence-electron chi connectivity index (χ2n) is 5.87. The molecular weight excluding hydrogens is 336 g/mol. The predicted octanol–water partition coefficient (Wildman–Crippen LogP) is 4.45. The van der Waals surface area contributed by atoms with E-state index in [4.69, 9.17) is 17.0 Å². The number of amidine groups is 1. The average molecular weight is 352 g/mol. The number of thiocarbonyl (C=S) groups is 1. The molecule has 3 nitrogen and oxygen atoms in total. The van der Waals surface area contributed by atoms with Gasteiger partial charge in [-0.3, -0.25) is 0 Å². The number of fused-ring (bicyclic) bond motifs is 2. The van der Waals surface area contributed by atoms with Crippen LogP contribution < -0.4 is 4.74 Å². The normalized spacial score (nSPS) is 18.9. The Morgan fingerprint density at radius 2 is 1.92 bits per heavy atom. The molecule has 2 aromatic rings. The van der Waals surface area contributed by atoms with Crippen molar-refractivity contribution in [3.63, 3.8) is 0 Å². The fourth-order valence-electron chi connectivity index (χ4n) is 2.98. The zero-order chi connectivity index (χ0) is 16.7.